The first kappa shape index (κ1) is 25.2. The van der Waals surface area contributed by atoms with Crippen LogP contribution in [0.4, 0.5) is 0 Å². The number of carbonyl (C=O) groups excluding carboxylic acids is 2. The van der Waals surface area contributed by atoms with Crippen molar-refractivity contribution in [2.75, 3.05) is 33.4 Å². The van der Waals surface area contributed by atoms with E-state index in [0.29, 0.717) is 30.2 Å². The summed E-state index contributed by atoms with van der Waals surface area (Å²) in [6.45, 7) is 3.99. The van der Waals surface area contributed by atoms with E-state index < -0.39 is 11.4 Å². The van der Waals surface area contributed by atoms with Gasteiger partial charge in [0.2, 0.25) is 0 Å². The van der Waals surface area contributed by atoms with Crippen molar-refractivity contribution in [1.29, 1.82) is 0 Å². The average Bonchev–Trinajstić information content (AvgIpc) is 3.45. The van der Waals surface area contributed by atoms with E-state index in [1.807, 2.05) is 34.2 Å². The normalized spacial score (nSPS) is 16.9. The number of rotatable bonds is 9. The first-order valence-electron chi connectivity index (χ1n) is 12.6. The van der Waals surface area contributed by atoms with E-state index in [9.17, 15) is 14.4 Å². The Bertz CT molecular complexity index is 1330. The summed E-state index contributed by atoms with van der Waals surface area (Å²) in [4.78, 5) is 39.4. The summed E-state index contributed by atoms with van der Waals surface area (Å²) in [7, 11) is 1.60. The van der Waals surface area contributed by atoms with Gasteiger partial charge in [-0.25, -0.2) is 4.79 Å². The Morgan fingerprint density at radius 3 is 2.73 bits per heavy atom. The van der Waals surface area contributed by atoms with E-state index in [2.05, 4.69) is 9.64 Å². The molecule has 1 aromatic carbocycles. The molecule has 1 fully saturated rings. The SMILES string of the molecule is COc1cc2c(cc1OCCCN1CCCCC1)CC(c1cccs1)n1cc(C(=O)OC=O)c(=O)cc1-2. The van der Waals surface area contributed by atoms with E-state index in [1.165, 1.54) is 44.6 Å². The van der Waals surface area contributed by atoms with Gasteiger partial charge in [0.25, 0.3) is 0 Å². The van der Waals surface area contributed by atoms with Crippen LogP contribution in [0.3, 0.4) is 0 Å². The third-order valence-electron chi connectivity index (χ3n) is 7.07. The number of likely N-dealkylation sites (tertiary alicyclic amines) is 1. The maximum absolute atomic E-state index is 12.8. The summed E-state index contributed by atoms with van der Waals surface area (Å²) in [5.74, 6) is 0.318. The van der Waals surface area contributed by atoms with Crippen LogP contribution in [-0.2, 0) is 16.0 Å². The van der Waals surface area contributed by atoms with E-state index in [1.54, 1.807) is 18.4 Å². The summed E-state index contributed by atoms with van der Waals surface area (Å²) in [5, 5.41) is 2.00. The number of thiophene rings is 1. The third-order valence-corrected chi connectivity index (χ3v) is 8.04. The van der Waals surface area contributed by atoms with Crippen molar-refractivity contribution in [3.8, 4) is 22.8 Å². The fraction of sp³-hybridized carbons (Fsp3) is 0.393. The van der Waals surface area contributed by atoms with Gasteiger partial charge in [-0.15, -0.1) is 11.3 Å². The minimum atomic E-state index is -0.961. The van der Waals surface area contributed by atoms with Crippen LogP contribution in [0.5, 0.6) is 11.5 Å². The molecule has 0 N–H and O–H groups in total. The summed E-state index contributed by atoms with van der Waals surface area (Å²) < 4.78 is 18.2. The zero-order valence-corrected chi connectivity index (χ0v) is 21.6. The first-order chi connectivity index (χ1) is 18.1. The van der Waals surface area contributed by atoms with Crippen LogP contribution in [0.2, 0.25) is 0 Å². The standard InChI is InChI=1S/C28H30N2O6S/c1-34-25-15-20-19(14-26(25)35-11-6-10-29-8-3-2-4-9-29)13-23(27-7-5-12-37-27)30-17-21(28(33)36-18-31)24(32)16-22(20)30/h5,7,12,14-18,23H,2-4,6,8-11,13H2,1H3. The molecule has 1 atom stereocenters. The van der Waals surface area contributed by atoms with Crippen LogP contribution in [0.1, 0.15) is 52.5 Å². The molecule has 0 spiro atoms. The van der Waals surface area contributed by atoms with Crippen LogP contribution in [-0.4, -0.2) is 55.3 Å². The third kappa shape index (κ3) is 5.33. The molecule has 0 amide bonds. The molecule has 4 heterocycles. The van der Waals surface area contributed by atoms with Gasteiger partial charge in [-0.05, 0) is 67.9 Å². The molecular formula is C28H30N2O6S. The van der Waals surface area contributed by atoms with E-state index in [-0.39, 0.29) is 18.1 Å². The molecule has 2 aliphatic heterocycles. The minimum absolute atomic E-state index is 0.0386. The summed E-state index contributed by atoms with van der Waals surface area (Å²) in [5.41, 5.74) is 1.86. The second-order valence-electron chi connectivity index (χ2n) is 9.35. The molecule has 0 aliphatic carbocycles. The molecule has 0 radical (unpaired) electrons. The highest BCUT2D eigenvalue weighted by molar-refractivity contribution is 7.10. The molecule has 0 saturated carbocycles. The molecule has 3 aromatic rings. The predicted molar refractivity (Wildman–Crippen MR) is 141 cm³/mol. The van der Waals surface area contributed by atoms with Gasteiger partial charge in [0.05, 0.1) is 25.5 Å². The molecule has 2 aliphatic rings. The van der Waals surface area contributed by atoms with Gasteiger partial charge in [0, 0.05) is 29.2 Å². The second kappa shape index (κ2) is 11.3. The molecule has 1 saturated heterocycles. The Labute approximate surface area is 219 Å². The summed E-state index contributed by atoms with van der Waals surface area (Å²) in [6, 6.07) is 9.22. The molecule has 194 valence electrons. The van der Waals surface area contributed by atoms with Gasteiger partial charge in [0.1, 0.15) is 5.56 Å². The van der Waals surface area contributed by atoms with Crippen molar-refractivity contribution >= 4 is 23.8 Å². The zero-order chi connectivity index (χ0) is 25.8. The van der Waals surface area contributed by atoms with Crippen LogP contribution in [0.25, 0.3) is 11.3 Å². The maximum Gasteiger partial charge on any atom is 0.351 e. The molecule has 2 aromatic heterocycles. The lowest BCUT2D eigenvalue weighted by Gasteiger charge is -2.31. The smallest absolute Gasteiger partial charge is 0.351 e. The molecule has 9 heteroatoms. The Morgan fingerprint density at radius 2 is 2.00 bits per heavy atom. The second-order valence-corrected chi connectivity index (χ2v) is 10.3. The highest BCUT2D eigenvalue weighted by Crippen LogP contribution is 2.43. The molecular weight excluding hydrogens is 492 g/mol. The number of hydrogen-bond donors (Lipinski definition) is 0. The fourth-order valence-corrected chi connectivity index (χ4v) is 6.07. The highest BCUT2D eigenvalue weighted by atomic mass is 32.1. The lowest BCUT2D eigenvalue weighted by Crippen LogP contribution is -2.31. The van der Waals surface area contributed by atoms with E-state index in [4.69, 9.17) is 9.47 Å². The highest BCUT2D eigenvalue weighted by Gasteiger charge is 2.29. The van der Waals surface area contributed by atoms with Crippen LogP contribution in [0.15, 0.2) is 46.7 Å². The van der Waals surface area contributed by atoms with Gasteiger partial charge in [-0.3, -0.25) is 9.59 Å². The lowest BCUT2D eigenvalue weighted by molar-refractivity contribution is -0.123. The zero-order valence-electron chi connectivity index (χ0n) is 20.8. The topological polar surface area (TPSA) is 87.1 Å². The number of hydrogen-bond acceptors (Lipinski definition) is 8. The van der Waals surface area contributed by atoms with Crippen molar-refractivity contribution in [3.63, 3.8) is 0 Å². The number of ether oxygens (including phenoxy) is 3. The quantitative estimate of drug-likeness (QED) is 0.179. The largest absolute Gasteiger partial charge is 0.493 e. The molecule has 5 rings (SSSR count). The number of methoxy groups -OCH3 is 1. The van der Waals surface area contributed by atoms with Crippen LogP contribution >= 0.6 is 11.3 Å². The number of benzene rings is 1. The summed E-state index contributed by atoms with van der Waals surface area (Å²) in [6.07, 6.45) is 6.95. The first-order valence-corrected chi connectivity index (χ1v) is 13.5. The number of carbonyl (C=O) groups is 2. The van der Waals surface area contributed by atoms with Crippen LogP contribution < -0.4 is 14.9 Å². The molecule has 1 unspecified atom stereocenters. The van der Waals surface area contributed by atoms with Gasteiger partial charge in [-0.2, -0.15) is 0 Å². The Morgan fingerprint density at radius 1 is 1.16 bits per heavy atom. The summed E-state index contributed by atoms with van der Waals surface area (Å²) >= 11 is 1.61. The molecule has 0 bridgehead atoms. The number of piperidine rings is 1. The number of pyridine rings is 1. The number of aromatic nitrogens is 1. The lowest BCUT2D eigenvalue weighted by atomic mass is 9.91. The van der Waals surface area contributed by atoms with Crippen molar-refractivity contribution < 1.29 is 23.8 Å². The Balaban J connectivity index is 1.47. The Hall–Kier alpha value is -3.43. The average molecular weight is 523 g/mol. The van der Waals surface area contributed by atoms with E-state index in [0.717, 1.165) is 29.0 Å². The van der Waals surface area contributed by atoms with Gasteiger partial charge in [0.15, 0.2) is 16.9 Å². The maximum atomic E-state index is 12.8. The van der Waals surface area contributed by atoms with Crippen molar-refractivity contribution in [3.05, 3.63) is 68.1 Å². The minimum Gasteiger partial charge on any atom is -0.493 e. The fourth-order valence-electron chi connectivity index (χ4n) is 5.24. The van der Waals surface area contributed by atoms with E-state index >= 15 is 0 Å². The predicted octanol–water partition coefficient (Wildman–Crippen LogP) is 4.30. The Kier molecular flexibility index (Phi) is 7.71. The van der Waals surface area contributed by atoms with Gasteiger partial charge < -0.3 is 23.7 Å². The number of fused-ring (bicyclic) bond motifs is 3. The van der Waals surface area contributed by atoms with Gasteiger partial charge >= 0.3 is 12.4 Å². The van der Waals surface area contributed by atoms with Crippen LogP contribution in [0, 0.1) is 0 Å². The van der Waals surface area contributed by atoms with Crippen molar-refractivity contribution in [2.24, 2.45) is 0 Å². The number of esters is 1. The van der Waals surface area contributed by atoms with Crippen molar-refractivity contribution in [2.45, 2.75) is 38.1 Å². The number of nitrogens with zero attached hydrogens (tertiary/aromatic N) is 2. The molecule has 8 nitrogen and oxygen atoms in total. The monoisotopic (exact) mass is 522 g/mol. The molecule has 37 heavy (non-hydrogen) atoms. The van der Waals surface area contributed by atoms with Crippen molar-refractivity contribution in [1.82, 2.24) is 9.47 Å². The van der Waals surface area contributed by atoms with Gasteiger partial charge in [-0.1, -0.05) is 12.5 Å².